The van der Waals surface area contributed by atoms with Crippen LogP contribution in [-0.2, 0) is 27.3 Å². The van der Waals surface area contributed by atoms with E-state index in [1.54, 1.807) is 22.0 Å². The van der Waals surface area contributed by atoms with Crippen LogP contribution in [0.4, 0.5) is 0 Å². The molecule has 1 saturated carbocycles. The Morgan fingerprint density at radius 3 is 2.44 bits per heavy atom. The maximum atomic E-state index is 14.5. The molecule has 11 heteroatoms. The van der Waals surface area contributed by atoms with E-state index in [4.69, 9.17) is 5.10 Å². The molecule has 1 aliphatic carbocycles. The van der Waals surface area contributed by atoms with Crippen molar-refractivity contribution in [2.75, 3.05) is 13.1 Å². The molecule has 2 N–H and O–H groups in total. The SMILES string of the molecule is CC(=O)c1nn2c3c(cc(-c4cnc(C)nc4)cc13)CCCCCCC(=O)NC[C@@]13C[C@@H](C(=O)NCCC(C)(C)C)N(C(=O)C2)C1[C@@H]3C. The number of Topliss-reactive ketones (excluding diaryl/α,β-unsaturated/α-hetero) is 1. The van der Waals surface area contributed by atoms with Gasteiger partial charge in [-0.2, -0.15) is 5.10 Å². The van der Waals surface area contributed by atoms with Gasteiger partial charge in [0.25, 0.3) is 0 Å². The number of amides is 3. The largest absolute Gasteiger partial charge is 0.355 e. The molecule has 256 valence electrons. The smallest absolute Gasteiger partial charge is 0.245 e. The van der Waals surface area contributed by atoms with E-state index in [2.05, 4.69) is 54.4 Å². The van der Waals surface area contributed by atoms with Gasteiger partial charge in [0, 0.05) is 61.2 Å². The first kappa shape index (κ1) is 33.7. The molecule has 48 heavy (non-hydrogen) atoms. The van der Waals surface area contributed by atoms with Gasteiger partial charge in [0.1, 0.15) is 24.1 Å². The summed E-state index contributed by atoms with van der Waals surface area (Å²) in [4.78, 5) is 64.6. The van der Waals surface area contributed by atoms with Crippen molar-refractivity contribution in [1.82, 2.24) is 35.3 Å². The third-order valence-corrected chi connectivity index (χ3v) is 10.7. The Balaban J connectivity index is 1.40. The highest BCUT2D eigenvalue weighted by Crippen LogP contribution is 2.64. The second kappa shape index (κ2) is 13.0. The number of aromatic nitrogens is 4. The fourth-order valence-electron chi connectivity index (χ4n) is 7.91. The summed E-state index contributed by atoms with van der Waals surface area (Å²) in [6, 6.07) is 3.24. The number of carbonyl (C=O) groups is 4. The Hall–Kier alpha value is -4.15. The third-order valence-electron chi connectivity index (χ3n) is 10.7. The van der Waals surface area contributed by atoms with Crippen LogP contribution in [0.25, 0.3) is 22.0 Å². The molecule has 4 atom stereocenters. The highest BCUT2D eigenvalue weighted by molar-refractivity contribution is 6.07. The average molecular weight is 656 g/mol. The number of benzene rings is 1. The minimum absolute atomic E-state index is 0.0223. The predicted molar refractivity (Wildman–Crippen MR) is 183 cm³/mol. The van der Waals surface area contributed by atoms with Crippen molar-refractivity contribution in [3.63, 3.8) is 0 Å². The predicted octanol–water partition coefficient (Wildman–Crippen LogP) is 4.79. The quantitative estimate of drug-likeness (QED) is 0.377. The second-order valence-corrected chi connectivity index (χ2v) is 15.4. The molecule has 3 amide bonds. The summed E-state index contributed by atoms with van der Waals surface area (Å²) in [7, 11) is 0. The number of nitrogens with zero attached hydrogens (tertiary/aromatic N) is 5. The lowest BCUT2D eigenvalue weighted by Crippen LogP contribution is -2.50. The van der Waals surface area contributed by atoms with Gasteiger partial charge < -0.3 is 15.5 Å². The molecule has 3 aliphatic rings. The zero-order valence-electron chi connectivity index (χ0n) is 29.2. The van der Waals surface area contributed by atoms with Gasteiger partial charge in [-0.3, -0.25) is 23.9 Å². The first-order valence-electron chi connectivity index (χ1n) is 17.5. The van der Waals surface area contributed by atoms with E-state index in [0.717, 1.165) is 54.3 Å². The second-order valence-electron chi connectivity index (χ2n) is 15.4. The molecule has 3 aromatic rings. The zero-order valence-corrected chi connectivity index (χ0v) is 29.2. The van der Waals surface area contributed by atoms with Gasteiger partial charge in [0.15, 0.2) is 5.78 Å². The fourth-order valence-corrected chi connectivity index (χ4v) is 7.91. The van der Waals surface area contributed by atoms with Crippen molar-refractivity contribution in [3.8, 4) is 11.1 Å². The van der Waals surface area contributed by atoms with Crippen molar-refractivity contribution in [1.29, 1.82) is 0 Å². The van der Waals surface area contributed by atoms with Crippen LogP contribution >= 0.6 is 0 Å². The number of rotatable bonds is 5. The van der Waals surface area contributed by atoms with Crippen molar-refractivity contribution >= 4 is 34.4 Å². The van der Waals surface area contributed by atoms with E-state index in [9.17, 15) is 19.2 Å². The molecule has 4 heterocycles. The van der Waals surface area contributed by atoms with E-state index >= 15 is 0 Å². The summed E-state index contributed by atoms with van der Waals surface area (Å²) in [5, 5.41) is 11.7. The van der Waals surface area contributed by atoms with Crippen molar-refractivity contribution in [2.45, 2.75) is 112 Å². The molecule has 2 fully saturated rings. The van der Waals surface area contributed by atoms with Gasteiger partial charge >= 0.3 is 0 Å². The van der Waals surface area contributed by atoms with Crippen LogP contribution in [0.5, 0.6) is 0 Å². The first-order chi connectivity index (χ1) is 22.8. The normalized spacial score (nSPS) is 25.0. The zero-order chi connectivity index (χ0) is 34.4. The van der Waals surface area contributed by atoms with E-state index in [1.165, 1.54) is 6.92 Å². The average Bonchev–Trinajstić information content (AvgIpc) is 3.29. The van der Waals surface area contributed by atoms with Crippen LogP contribution in [0.2, 0.25) is 0 Å². The molecule has 1 saturated heterocycles. The molecule has 0 spiro atoms. The Labute approximate surface area is 282 Å². The monoisotopic (exact) mass is 655 g/mol. The highest BCUT2D eigenvalue weighted by Gasteiger charge is 2.72. The van der Waals surface area contributed by atoms with E-state index in [0.29, 0.717) is 49.3 Å². The van der Waals surface area contributed by atoms with Gasteiger partial charge in [-0.15, -0.1) is 0 Å². The van der Waals surface area contributed by atoms with Crippen LogP contribution in [0.3, 0.4) is 0 Å². The van der Waals surface area contributed by atoms with Gasteiger partial charge in [0.05, 0.1) is 5.52 Å². The summed E-state index contributed by atoms with van der Waals surface area (Å²) in [6.07, 6.45) is 9.59. The van der Waals surface area contributed by atoms with Crippen molar-refractivity contribution in [2.24, 2.45) is 16.7 Å². The molecule has 2 aliphatic heterocycles. The number of aryl methyl sites for hydroxylation is 2. The Morgan fingerprint density at radius 2 is 1.75 bits per heavy atom. The summed E-state index contributed by atoms with van der Waals surface area (Å²) in [5.74, 6) is 0.280. The van der Waals surface area contributed by atoms with Crippen LogP contribution < -0.4 is 10.6 Å². The summed E-state index contributed by atoms with van der Waals surface area (Å²) >= 11 is 0. The minimum atomic E-state index is -0.642. The van der Waals surface area contributed by atoms with Crippen LogP contribution in [0, 0.1) is 23.7 Å². The fraction of sp³-hybridized carbons (Fsp3) is 0.595. The number of hydrogen-bond acceptors (Lipinski definition) is 7. The Kier molecular flexibility index (Phi) is 9.17. The summed E-state index contributed by atoms with van der Waals surface area (Å²) in [5.41, 5.74) is 3.51. The summed E-state index contributed by atoms with van der Waals surface area (Å²) in [6.45, 7) is 12.7. The van der Waals surface area contributed by atoms with Crippen molar-refractivity contribution in [3.05, 3.63) is 41.6 Å². The van der Waals surface area contributed by atoms with Gasteiger partial charge in [0.2, 0.25) is 17.7 Å². The lowest BCUT2D eigenvalue weighted by Gasteiger charge is -2.29. The maximum absolute atomic E-state index is 14.5. The number of ketones is 1. The Bertz CT molecular complexity index is 1740. The molecule has 1 unspecified atom stereocenters. The van der Waals surface area contributed by atoms with Crippen LogP contribution in [-0.4, -0.2) is 73.3 Å². The molecular weight excluding hydrogens is 606 g/mol. The lowest BCUT2D eigenvalue weighted by molar-refractivity contribution is -0.140. The minimum Gasteiger partial charge on any atom is -0.355 e. The molecule has 11 nitrogen and oxygen atoms in total. The van der Waals surface area contributed by atoms with E-state index < -0.39 is 6.04 Å². The number of hydrogen-bond donors (Lipinski definition) is 2. The number of carbonyl (C=O) groups excluding carboxylic acids is 4. The molecular formula is C37H49N7O4. The highest BCUT2D eigenvalue weighted by atomic mass is 16.2. The van der Waals surface area contributed by atoms with Crippen LogP contribution in [0.1, 0.15) is 101 Å². The topological polar surface area (TPSA) is 139 Å². The van der Waals surface area contributed by atoms with Crippen molar-refractivity contribution < 1.29 is 19.2 Å². The molecule has 2 aromatic heterocycles. The van der Waals surface area contributed by atoms with Crippen LogP contribution in [0.15, 0.2) is 24.5 Å². The van der Waals surface area contributed by atoms with Gasteiger partial charge in [-0.05, 0) is 73.6 Å². The lowest BCUT2D eigenvalue weighted by atomic mass is 9.92. The Morgan fingerprint density at radius 1 is 1.04 bits per heavy atom. The molecule has 2 bridgehead atoms. The standard InChI is InChI=1S/C37H49N7O4/c1-22-34-37(22)17-29(35(48)38-14-13-36(4,5)6)44(34)31(47)20-43-33-25(11-9-7-8-10-12-30(46)41-21-37)15-26(27-18-39-24(3)40-19-27)16-28(33)32(42-43)23(2)45/h15-16,18-19,22,29,34H,7-14,17,20-21H2,1-6H3,(H,38,48)(H,41,46)/t22-,29-,34?,37+/m0/s1. The maximum Gasteiger partial charge on any atom is 0.245 e. The summed E-state index contributed by atoms with van der Waals surface area (Å²) < 4.78 is 1.68. The third kappa shape index (κ3) is 6.60. The molecule has 1 aromatic carbocycles. The first-order valence-corrected chi connectivity index (χ1v) is 17.5. The number of nitrogens with one attached hydrogen (secondary N) is 2. The van der Waals surface area contributed by atoms with Gasteiger partial charge in [-0.1, -0.05) is 40.5 Å². The number of piperidine rings is 1. The van der Waals surface area contributed by atoms with E-state index in [1.807, 2.05) is 13.0 Å². The molecule has 6 rings (SSSR count). The molecule has 0 radical (unpaired) electrons. The van der Waals surface area contributed by atoms with Gasteiger partial charge in [-0.25, -0.2) is 9.97 Å². The van der Waals surface area contributed by atoms with E-state index in [-0.39, 0.29) is 52.8 Å².